The molecule has 1 fully saturated rings. The first-order valence-corrected chi connectivity index (χ1v) is 8.40. The van der Waals surface area contributed by atoms with E-state index >= 15 is 0 Å². The van der Waals surface area contributed by atoms with Crippen LogP contribution in [0.25, 0.3) is 0 Å². The summed E-state index contributed by atoms with van der Waals surface area (Å²) in [4.78, 5) is 12.4. The molecule has 128 valence electrons. The number of rotatable bonds is 6. The third-order valence-electron chi connectivity index (χ3n) is 4.58. The molecule has 1 heterocycles. The smallest absolute Gasteiger partial charge is 0.224 e. The zero-order valence-electron chi connectivity index (χ0n) is 13.9. The van der Waals surface area contributed by atoms with Crippen LogP contribution in [-0.4, -0.2) is 33.4 Å². The van der Waals surface area contributed by atoms with Gasteiger partial charge in [0.05, 0.1) is 11.5 Å². The highest BCUT2D eigenvalue weighted by molar-refractivity contribution is 5.77. The van der Waals surface area contributed by atoms with E-state index in [1.165, 1.54) is 0 Å². The first-order chi connectivity index (χ1) is 11.6. The van der Waals surface area contributed by atoms with E-state index < -0.39 is 5.60 Å². The minimum Gasteiger partial charge on any atom is -0.425 e. The maximum atomic E-state index is 12.4. The fraction of sp³-hybridized carbons (Fsp3) is 0.500. The molecule has 1 amide bonds. The Morgan fingerprint density at radius 3 is 2.62 bits per heavy atom. The highest BCUT2D eigenvalue weighted by Gasteiger charge is 2.32. The van der Waals surface area contributed by atoms with Gasteiger partial charge in [-0.3, -0.25) is 4.79 Å². The van der Waals surface area contributed by atoms with Crippen LogP contribution in [0.15, 0.2) is 34.7 Å². The Bertz CT molecular complexity index is 678. The van der Waals surface area contributed by atoms with Gasteiger partial charge in [0.25, 0.3) is 0 Å². The van der Waals surface area contributed by atoms with Crippen LogP contribution in [0.1, 0.15) is 55.4 Å². The fourth-order valence-corrected chi connectivity index (χ4v) is 3.22. The minimum absolute atomic E-state index is 0.125. The zero-order valence-corrected chi connectivity index (χ0v) is 13.9. The van der Waals surface area contributed by atoms with Crippen LogP contribution >= 0.6 is 0 Å². The number of nitrogens with one attached hydrogen (secondary N) is 1. The molecular formula is C18H23N3O3. The predicted molar refractivity (Wildman–Crippen MR) is 88.4 cm³/mol. The molecule has 24 heavy (non-hydrogen) atoms. The SMILES string of the molecule is Cc1nnc(C(CC(=O)NCC2(O)CCCC2)c2ccccc2)o1. The number of nitrogens with zero attached hydrogens (tertiary/aromatic N) is 2. The fourth-order valence-electron chi connectivity index (χ4n) is 3.22. The molecule has 0 aliphatic heterocycles. The van der Waals surface area contributed by atoms with E-state index in [0.29, 0.717) is 18.3 Å². The van der Waals surface area contributed by atoms with Gasteiger partial charge >= 0.3 is 0 Å². The van der Waals surface area contributed by atoms with E-state index in [-0.39, 0.29) is 18.2 Å². The molecule has 6 heteroatoms. The number of hydrogen-bond acceptors (Lipinski definition) is 5. The van der Waals surface area contributed by atoms with Gasteiger partial charge in [0, 0.05) is 19.9 Å². The Morgan fingerprint density at radius 1 is 1.29 bits per heavy atom. The molecular weight excluding hydrogens is 306 g/mol. The summed E-state index contributed by atoms with van der Waals surface area (Å²) in [6.45, 7) is 2.03. The van der Waals surface area contributed by atoms with Crippen molar-refractivity contribution >= 4 is 5.91 Å². The van der Waals surface area contributed by atoms with Gasteiger partial charge in [-0.15, -0.1) is 10.2 Å². The number of aliphatic hydroxyl groups is 1. The van der Waals surface area contributed by atoms with Crippen molar-refractivity contribution in [3.8, 4) is 0 Å². The molecule has 1 saturated carbocycles. The van der Waals surface area contributed by atoms with Crippen LogP contribution in [0.5, 0.6) is 0 Å². The van der Waals surface area contributed by atoms with Crippen molar-refractivity contribution in [3.63, 3.8) is 0 Å². The Hall–Kier alpha value is -2.21. The van der Waals surface area contributed by atoms with E-state index in [0.717, 1.165) is 31.2 Å². The summed E-state index contributed by atoms with van der Waals surface area (Å²) in [7, 11) is 0. The number of aromatic nitrogens is 2. The van der Waals surface area contributed by atoms with Gasteiger partial charge in [-0.2, -0.15) is 0 Å². The van der Waals surface area contributed by atoms with Gasteiger partial charge in [0.15, 0.2) is 0 Å². The summed E-state index contributed by atoms with van der Waals surface area (Å²) in [6, 6.07) is 9.66. The minimum atomic E-state index is -0.751. The third-order valence-corrected chi connectivity index (χ3v) is 4.58. The van der Waals surface area contributed by atoms with Crippen LogP contribution in [0.4, 0.5) is 0 Å². The number of carbonyl (C=O) groups is 1. The summed E-state index contributed by atoms with van der Waals surface area (Å²) >= 11 is 0. The van der Waals surface area contributed by atoms with Gasteiger partial charge in [-0.25, -0.2) is 0 Å². The molecule has 6 nitrogen and oxygen atoms in total. The molecule has 0 saturated heterocycles. The maximum Gasteiger partial charge on any atom is 0.224 e. The van der Waals surface area contributed by atoms with Crippen molar-refractivity contribution in [2.75, 3.05) is 6.54 Å². The highest BCUT2D eigenvalue weighted by atomic mass is 16.4. The van der Waals surface area contributed by atoms with E-state index in [9.17, 15) is 9.90 Å². The summed E-state index contributed by atoms with van der Waals surface area (Å²) in [5.74, 6) is 0.505. The van der Waals surface area contributed by atoms with Gasteiger partial charge in [-0.05, 0) is 18.4 Å². The van der Waals surface area contributed by atoms with Crippen LogP contribution in [0, 0.1) is 6.92 Å². The molecule has 1 unspecified atom stereocenters. The van der Waals surface area contributed by atoms with E-state index in [1.54, 1.807) is 6.92 Å². The Kier molecular flexibility index (Phi) is 4.94. The average Bonchev–Trinajstić information content (AvgIpc) is 3.21. The largest absolute Gasteiger partial charge is 0.425 e. The molecule has 0 spiro atoms. The van der Waals surface area contributed by atoms with Crippen LogP contribution < -0.4 is 5.32 Å². The quantitative estimate of drug-likeness (QED) is 0.849. The first kappa shape index (κ1) is 16.6. The standard InChI is InChI=1S/C18H23N3O3/c1-13-20-21-17(24-13)15(14-7-3-2-4-8-14)11-16(22)19-12-18(23)9-5-6-10-18/h2-4,7-8,15,23H,5-6,9-12H2,1H3,(H,19,22). The summed E-state index contributed by atoms with van der Waals surface area (Å²) in [5.41, 5.74) is 0.204. The molecule has 3 rings (SSSR count). The molecule has 0 radical (unpaired) electrons. The molecule has 0 bridgehead atoms. The summed E-state index contributed by atoms with van der Waals surface area (Å²) in [6.07, 6.45) is 3.73. The second kappa shape index (κ2) is 7.13. The average molecular weight is 329 g/mol. The van der Waals surface area contributed by atoms with Crippen molar-refractivity contribution in [1.82, 2.24) is 15.5 Å². The lowest BCUT2D eigenvalue weighted by Crippen LogP contribution is -2.41. The second-order valence-electron chi connectivity index (χ2n) is 6.53. The lowest BCUT2D eigenvalue weighted by atomic mass is 9.95. The Morgan fingerprint density at radius 2 is 2.00 bits per heavy atom. The molecule has 1 atom stereocenters. The number of benzene rings is 1. The van der Waals surface area contributed by atoms with Gasteiger partial charge in [-0.1, -0.05) is 43.2 Å². The van der Waals surface area contributed by atoms with Gasteiger partial charge in [0.1, 0.15) is 0 Å². The van der Waals surface area contributed by atoms with Crippen molar-refractivity contribution in [1.29, 1.82) is 0 Å². The van der Waals surface area contributed by atoms with Crippen molar-refractivity contribution in [2.45, 2.75) is 50.5 Å². The van der Waals surface area contributed by atoms with E-state index in [4.69, 9.17) is 4.42 Å². The zero-order chi connectivity index (χ0) is 17.0. The number of carbonyl (C=O) groups excluding carboxylic acids is 1. The topological polar surface area (TPSA) is 88.2 Å². The van der Waals surface area contributed by atoms with Gasteiger partial charge < -0.3 is 14.8 Å². The van der Waals surface area contributed by atoms with E-state index in [1.807, 2.05) is 30.3 Å². The lowest BCUT2D eigenvalue weighted by molar-refractivity contribution is -0.122. The predicted octanol–water partition coefficient (Wildman–Crippen LogP) is 2.32. The Balaban J connectivity index is 1.68. The Labute approximate surface area is 141 Å². The molecule has 1 aromatic heterocycles. The monoisotopic (exact) mass is 329 g/mol. The van der Waals surface area contributed by atoms with Crippen LogP contribution in [0.2, 0.25) is 0 Å². The lowest BCUT2D eigenvalue weighted by Gasteiger charge is -2.23. The number of aryl methyl sites for hydroxylation is 1. The normalized spacial score (nSPS) is 17.6. The van der Waals surface area contributed by atoms with Crippen molar-refractivity contribution in [3.05, 3.63) is 47.7 Å². The second-order valence-corrected chi connectivity index (χ2v) is 6.53. The molecule has 1 aliphatic carbocycles. The third kappa shape index (κ3) is 4.00. The van der Waals surface area contributed by atoms with Crippen LogP contribution in [0.3, 0.4) is 0 Å². The summed E-state index contributed by atoms with van der Waals surface area (Å²) in [5, 5.41) is 21.2. The number of hydrogen-bond donors (Lipinski definition) is 2. The molecule has 1 aliphatic rings. The number of amides is 1. The van der Waals surface area contributed by atoms with Gasteiger partial charge in [0.2, 0.25) is 17.7 Å². The first-order valence-electron chi connectivity index (χ1n) is 8.40. The maximum absolute atomic E-state index is 12.4. The molecule has 2 aromatic rings. The van der Waals surface area contributed by atoms with E-state index in [2.05, 4.69) is 15.5 Å². The van der Waals surface area contributed by atoms with Crippen LogP contribution in [-0.2, 0) is 4.79 Å². The highest BCUT2D eigenvalue weighted by Crippen LogP contribution is 2.29. The van der Waals surface area contributed by atoms with Crippen molar-refractivity contribution < 1.29 is 14.3 Å². The molecule has 1 aromatic carbocycles. The molecule has 2 N–H and O–H groups in total. The summed E-state index contributed by atoms with van der Waals surface area (Å²) < 4.78 is 5.55. The van der Waals surface area contributed by atoms with Crippen molar-refractivity contribution in [2.24, 2.45) is 0 Å².